The van der Waals surface area contributed by atoms with Crippen LogP contribution >= 0.6 is 0 Å². The first kappa shape index (κ1) is 16.0. The highest BCUT2D eigenvalue weighted by molar-refractivity contribution is 5.94. The molecular weight excluding hydrogens is 323 g/mol. The number of hydrogen-bond acceptors (Lipinski definition) is 4. The number of pyridine rings is 1. The molecule has 2 atom stereocenters. The van der Waals surface area contributed by atoms with Gasteiger partial charge in [0, 0.05) is 24.7 Å². The lowest BCUT2D eigenvalue weighted by Gasteiger charge is -2.23. The van der Waals surface area contributed by atoms with Crippen LogP contribution < -0.4 is 4.74 Å². The summed E-state index contributed by atoms with van der Waals surface area (Å²) in [7, 11) is 0. The van der Waals surface area contributed by atoms with Crippen LogP contribution in [0.3, 0.4) is 0 Å². The van der Waals surface area contributed by atoms with Crippen molar-refractivity contribution in [3.8, 4) is 5.75 Å². The van der Waals surface area contributed by atoms with E-state index in [9.17, 15) is 9.18 Å². The fraction of sp³-hybridized carbons (Fsp3) is 0.368. The highest BCUT2D eigenvalue weighted by Gasteiger charge is 2.47. The van der Waals surface area contributed by atoms with Crippen molar-refractivity contribution in [1.82, 2.24) is 9.88 Å². The van der Waals surface area contributed by atoms with Gasteiger partial charge in [0.15, 0.2) is 0 Å². The molecule has 0 unspecified atom stereocenters. The zero-order chi connectivity index (χ0) is 17.3. The van der Waals surface area contributed by atoms with Crippen molar-refractivity contribution in [2.24, 2.45) is 0 Å². The Balaban J connectivity index is 1.38. The summed E-state index contributed by atoms with van der Waals surface area (Å²) in [6.07, 6.45) is 4.88. The molecule has 0 bridgehead atoms. The molecule has 1 spiro atoms. The summed E-state index contributed by atoms with van der Waals surface area (Å²) in [5, 5.41) is 0. The number of carbonyl (C=O) groups excluding carboxylic acids is 1. The van der Waals surface area contributed by atoms with E-state index >= 15 is 0 Å². The number of ether oxygens (including phenoxy) is 2. The van der Waals surface area contributed by atoms with Crippen molar-refractivity contribution < 1.29 is 18.7 Å². The van der Waals surface area contributed by atoms with Crippen LogP contribution in [-0.4, -0.2) is 47.2 Å². The SMILES string of the molecule is O=C(c1ccc(F)cc1)N1CC[C@@]2(C[C@@H](Oc3cccnc3)CO2)C1. The number of amides is 1. The Morgan fingerprint density at radius 2 is 2.16 bits per heavy atom. The van der Waals surface area contributed by atoms with Gasteiger partial charge in [-0.3, -0.25) is 9.78 Å². The lowest BCUT2D eigenvalue weighted by atomic mass is 9.98. The molecule has 1 amide bonds. The minimum Gasteiger partial charge on any atom is -0.486 e. The van der Waals surface area contributed by atoms with E-state index < -0.39 is 0 Å². The summed E-state index contributed by atoms with van der Waals surface area (Å²) in [5.74, 6) is 0.298. The van der Waals surface area contributed by atoms with Gasteiger partial charge in [0.25, 0.3) is 5.91 Å². The molecule has 130 valence electrons. The Bertz CT molecular complexity index is 753. The van der Waals surface area contributed by atoms with Gasteiger partial charge in [-0.15, -0.1) is 0 Å². The highest BCUT2D eigenvalue weighted by atomic mass is 19.1. The van der Waals surface area contributed by atoms with Gasteiger partial charge in [-0.25, -0.2) is 4.39 Å². The quantitative estimate of drug-likeness (QED) is 0.861. The molecular formula is C19H19FN2O3. The Morgan fingerprint density at radius 1 is 1.32 bits per heavy atom. The fourth-order valence-corrected chi connectivity index (χ4v) is 3.56. The normalized spacial score (nSPS) is 25.5. The number of likely N-dealkylation sites (tertiary alicyclic amines) is 1. The van der Waals surface area contributed by atoms with Crippen LogP contribution in [-0.2, 0) is 4.74 Å². The maximum absolute atomic E-state index is 13.0. The second-order valence-corrected chi connectivity index (χ2v) is 6.61. The van der Waals surface area contributed by atoms with E-state index in [1.54, 1.807) is 17.3 Å². The molecule has 4 rings (SSSR count). The molecule has 1 aromatic carbocycles. The van der Waals surface area contributed by atoms with Crippen molar-refractivity contribution >= 4 is 5.91 Å². The van der Waals surface area contributed by atoms with Gasteiger partial charge in [0.1, 0.15) is 17.7 Å². The summed E-state index contributed by atoms with van der Waals surface area (Å²) in [6.45, 7) is 1.68. The number of carbonyl (C=O) groups is 1. The zero-order valence-corrected chi connectivity index (χ0v) is 13.7. The molecule has 5 nitrogen and oxygen atoms in total. The van der Waals surface area contributed by atoms with Gasteiger partial charge in [-0.1, -0.05) is 0 Å². The smallest absolute Gasteiger partial charge is 0.253 e. The first-order valence-electron chi connectivity index (χ1n) is 8.39. The predicted octanol–water partition coefficient (Wildman–Crippen LogP) is 2.67. The Kier molecular flexibility index (Phi) is 4.13. The predicted molar refractivity (Wildman–Crippen MR) is 88.9 cm³/mol. The van der Waals surface area contributed by atoms with E-state index in [2.05, 4.69) is 4.98 Å². The zero-order valence-electron chi connectivity index (χ0n) is 13.7. The topological polar surface area (TPSA) is 51.7 Å². The third-order valence-corrected chi connectivity index (χ3v) is 4.81. The second-order valence-electron chi connectivity index (χ2n) is 6.61. The average molecular weight is 342 g/mol. The van der Waals surface area contributed by atoms with Crippen LogP contribution in [0.2, 0.25) is 0 Å². The lowest BCUT2D eigenvalue weighted by Crippen LogP contribution is -2.36. The molecule has 1 aromatic heterocycles. The van der Waals surface area contributed by atoms with Gasteiger partial charge < -0.3 is 14.4 Å². The molecule has 25 heavy (non-hydrogen) atoms. The van der Waals surface area contributed by atoms with Crippen molar-refractivity contribution in [3.05, 3.63) is 60.2 Å². The van der Waals surface area contributed by atoms with E-state index in [4.69, 9.17) is 9.47 Å². The van der Waals surface area contributed by atoms with Crippen molar-refractivity contribution in [2.75, 3.05) is 19.7 Å². The maximum Gasteiger partial charge on any atom is 0.253 e. The third kappa shape index (κ3) is 3.35. The maximum atomic E-state index is 13.0. The van der Waals surface area contributed by atoms with Crippen molar-refractivity contribution in [2.45, 2.75) is 24.5 Å². The van der Waals surface area contributed by atoms with Gasteiger partial charge in [-0.2, -0.15) is 0 Å². The van der Waals surface area contributed by atoms with Crippen LogP contribution in [0.5, 0.6) is 5.75 Å². The monoisotopic (exact) mass is 342 g/mol. The molecule has 2 aliphatic heterocycles. The Labute approximate surface area is 145 Å². The molecule has 2 aromatic rings. The lowest BCUT2D eigenvalue weighted by molar-refractivity contribution is 0.00995. The van der Waals surface area contributed by atoms with Crippen molar-refractivity contribution in [1.29, 1.82) is 0 Å². The Morgan fingerprint density at radius 3 is 2.92 bits per heavy atom. The number of rotatable bonds is 3. The van der Waals surface area contributed by atoms with Gasteiger partial charge in [0.05, 0.1) is 24.9 Å². The van der Waals surface area contributed by atoms with Crippen LogP contribution in [0.1, 0.15) is 23.2 Å². The van der Waals surface area contributed by atoms with E-state index in [0.29, 0.717) is 25.3 Å². The number of aromatic nitrogens is 1. The number of halogens is 1. The number of hydrogen-bond donors (Lipinski definition) is 0. The molecule has 2 fully saturated rings. The van der Waals surface area contributed by atoms with Crippen LogP contribution in [0.25, 0.3) is 0 Å². The molecule has 3 heterocycles. The first-order chi connectivity index (χ1) is 12.1. The number of benzene rings is 1. The van der Waals surface area contributed by atoms with Crippen molar-refractivity contribution in [3.63, 3.8) is 0 Å². The summed E-state index contributed by atoms with van der Waals surface area (Å²) in [5.41, 5.74) is 0.155. The largest absolute Gasteiger partial charge is 0.486 e. The van der Waals surface area contributed by atoms with Crippen LogP contribution in [0.15, 0.2) is 48.8 Å². The summed E-state index contributed by atoms with van der Waals surface area (Å²) in [4.78, 5) is 18.4. The molecule has 0 N–H and O–H groups in total. The molecule has 0 aliphatic carbocycles. The number of nitrogens with zero attached hydrogens (tertiary/aromatic N) is 2. The van der Waals surface area contributed by atoms with Gasteiger partial charge >= 0.3 is 0 Å². The second kappa shape index (κ2) is 6.44. The minimum atomic E-state index is -0.345. The fourth-order valence-electron chi connectivity index (χ4n) is 3.56. The molecule has 2 saturated heterocycles. The highest BCUT2D eigenvalue weighted by Crippen LogP contribution is 2.37. The van der Waals surface area contributed by atoms with Gasteiger partial charge in [0.2, 0.25) is 0 Å². The molecule has 0 radical (unpaired) electrons. The standard InChI is InChI=1S/C19H19FN2O3/c20-15-5-3-14(4-6-15)18(23)22-9-7-19(13-22)10-17(12-24-19)25-16-2-1-8-21-11-16/h1-6,8,11,17H,7,9-10,12-13H2/t17-,19-/m1/s1. The molecule has 2 aliphatic rings. The summed E-state index contributed by atoms with van der Waals surface area (Å²) in [6, 6.07) is 9.36. The van der Waals surface area contributed by atoms with Gasteiger partial charge in [-0.05, 0) is 42.8 Å². The van der Waals surface area contributed by atoms with E-state index in [0.717, 1.165) is 18.6 Å². The van der Waals surface area contributed by atoms with E-state index in [-0.39, 0.29) is 23.4 Å². The van der Waals surface area contributed by atoms with E-state index in [1.165, 1.54) is 24.3 Å². The molecule has 0 saturated carbocycles. The average Bonchev–Trinajstić information content (AvgIpc) is 3.23. The summed E-state index contributed by atoms with van der Waals surface area (Å²) >= 11 is 0. The molecule has 6 heteroatoms. The van der Waals surface area contributed by atoms with Crippen LogP contribution in [0.4, 0.5) is 4.39 Å². The minimum absolute atomic E-state index is 0.0370. The van der Waals surface area contributed by atoms with E-state index in [1.807, 2.05) is 12.1 Å². The first-order valence-corrected chi connectivity index (χ1v) is 8.39. The third-order valence-electron chi connectivity index (χ3n) is 4.81. The van der Waals surface area contributed by atoms with Crippen LogP contribution in [0, 0.1) is 5.82 Å². The summed E-state index contributed by atoms with van der Waals surface area (Å²) < 4.78 is 25.0. The Hall–Kier alpha value is -2.47.